The smallest absolute Gasteiger partial charge is 0.314 e. The van der Waals surface area contributed by atoms with Gasteiger partial charge < -0.3 is 154 Å². The molecule has 1 spiro atoms. The highest BCUT2D eigenvalue weighted by Crippen LogP contribution is 2.74. The second kappa shape index (κ2) is 26.4. The minimum Gasteiger partial charge on any atom is -0.432 e. The van der Waals surface area contributed by atoms with Gasteiger partial charge in [-0.15, -0.1) is 0 Å². The lowest BCUT2D eigenvalue weighted by Crippen LogP contribution is -2.68. The van der Waals surface area contributed by atoms with Gasteiger partial charge in [-0.05, 0) is 86.5 Å². The van der Waals surface area contributed by atoms with E-state index < -0.39 is 252 Å². The van der Waals surface area contributed by atoms with Gasteiger partial charge in [0.15, 0.2) is 37.6 Å². The fourth-order valence-corrected chi connectivity index (χ4v) is 16.1. The average molecular weight is 1260 g/mol. The van der Waals surface area contributed by atoms with Crippen molar-refractivity contribution in [2.24, 2.45) is 28.1 Å². The first-order valence-electron chi connectivity index (χ1n) is 29.8. The molecule has 6 aliphatic heterocycles. The summed E-state index contributed by atoms with van der Waals surface area (Å²) in [6, 6.07) is 0. The normalized spacial score (nSPS) is 54.6. The van der Waals surface area contributed by atoms with Gasteiger partial charge in [0.1, 0.15) is 134 Å². The van der Waals surface area contributed by atoms with E-state index in [2.05, 4.69) is 13.5 Å². The molecule has 32 nitrogen and oxygen atoms in total. The summed E-state index contributed by atoms with van der Waals surface area (Å²) in [4.78, 5) is 15.3. The molecular formula is C55H88O32. The van der Waals surface area contributed by atoms with Crippen molar-refractivity contribution in [3.05, 3.63) is 12.2 Å². The molecule has 10 rings (SSSR count). The Balaban J connectivity index is 0.915. The third-order valence-corrected chi connectivity index (χ3v) is 20.9. The third kappa shape index (κ3) is 12.0. The van der Waals surface area contributed by atoms with E-state index in [4.69, 9.17) is 56.8 Å². The Labute approximate surface area is 498 Å². The first kappa shape index (κ1) is 67.9. The van der Waals surface area contributed by atoms with Gasteiger partial charge in [-0.1, -0.05) is 19.9 Å². The molecule has 87 heavy (non-hydrogen) atoms. The minimum absolute atomic E-state index is 0.131. The Morgan fingerprint density at radius 3 is 1.38 bits per heavy atom. The van der Waals surface area contributed by atoms with Crippen molar-refractivity contribution in [1.29, 1.82) is 0 Å². The van der Waals surface area contributed by atoms with Crippen LogP contribution in [-0.2, 0) is 61.6 Å². The lowest BCUT2D eigenvalue weighted by atomic mass is 9.41. The van der Waals surface area contributed by atoms with Gasteiger partial charge in [-0.2, -0.15) is 0 Å². The summed E-state index contributed by atoms with van der Waals surface area (Å²) in [5.41, 5.74) is -3.12. The summed E-state index contributed by atoms with van der Waals surface area (Å²) in [6.45, 7) is 3.49. The number of aliphatic hydroxyl groups excluding tert-OH is 19. The summed E-state index contributed by atoms with van der Waals surface area (Å²) in [7, 11) is 0. The fourth-order valence-electron chi connectivity index (χ4n) is 16.1. The van der Waals surface area contributed by atoms with Crippen LogP contribution >= 0.6 is 0 Å². The minimum atomic E-state index is -2.02. The second-order valence-electron chi connectivity index (χ2n) is 26.0. The molecule has 0 aromatic heterocycles. The van der Waals surface area contributed by atoms with E-state index in [1.165, 1.54) is 0 Å². The molecule has 4 saturated carbocycles. The number of carbonyl (C=O) groups excluding carboxylic acids is 1. The lowest BCUT2D eigenvalue weighted by molar-refractivity contribution is -0.400. The highest BCUT2D eigenvalue weighted by atomic mass is 16.8. The molecule has 6 heterocycles. The molecule has 35 atom stereocenters. The van der Waals surface area contributed by atoms with E-state index in [1.54, 1.807) is 6.92 Å². The van der Waals surface area contributed by atoms with Crippen molar-refractivity contribution < 1.29 is 159 Å². The number of rotatable bonds is 17. The highest BCUT2D eigenvalue weighted by molar-refractivity contribution is 5.77. The second-order valence-corrected chi connectivity index (χ2v) is 26.0. The van der Waals surface area contributed by atoms with Gasteiger partial charge in [0.05, 0.1) is 50.7 Å². The Hall–Kier alpha value is -1.99. The van der Waals surface area contributed by atoms with Crippen molar-refractivity contribution in [3.8, 4) is 0 Å². The van der Waals surface area contributed by atoms with Crippen LogP contribution in [0.1, 0.15) is 71.6 Å². The molecule has 4 aliphatic carbocycles. The SMILES string of the molecule is C=C1CC23CCC4[C@](C)(C(=O)OC5OC(CO)C(O)C(OC6OC(CO)C(O)C(O)C6O)C5OC5OCC(O)C(O)C5O)CCC[C@@]4(C)[C@@H]2CC[C@]1(OC1OC(CO)C(O)C(OC2OC(CO)C(O)C(O)C2O)C1OC1OC(CO)C(O)C(O)C1O)C3. The molecule has 2 bridgehead atoms. The topological polar surface area (TPSA) is 512 Å². The van der Waals surface area contributed by atoms with Gasteiger partial charge in [-0.25, -0.2) is 0 Å². The van der Waals surface area contributed by atoms with Gasteiger partial charge in [-0.3, -0.25) is 4.79 Å². The van der Waals surface area contributed by atoms with Crippen LogP contribution in [0.25, 0.3) is 0 Å². The Morgan fingerprint density at radius 2 is 0.885 bits per heavy atom. The van der Waals surface area contributed by atoms with E-state index in [-0.39, 0.29) is 12.3 Å². The zero-order chi connectivity index (χ0) is 63.1. The molecule has 32 heteroatoms. The van der Waals surface area contributed by atoms with Crippen LogP contribution in [0.15, 0.2) is 12.2 Å². The summed E-state index contributed by atoms with van der Waals surface area (Å²) in [5.74, 6) is -1.34. The molecule has 500 valence electrons. The van der Waals surface area contributed by atoms with E-state index in [0.717, 1.165) is 0 Å². The number of carbonyl (C=O) groups is 1. The number of ether oxygens (including phenoxy) is 12. The number of hydrogen-bond acceptors (Lipinski definition) is 32. The van der Waals surface area contributed by atoms with Crippen LogP contribution in [0.3, 0.4) is 0 Å². The first-order chi connectivity index (χ1) is 41.2. The van der Waals surface area contributed by atoms with Crippen LogP contribution in [0.4, 0.5) is 0 Å². The summed E-state index contributed by atoms with van der Waals surface area (Å²) in [6.07, 6.45) is -48.7. The lowest BCUT2D eigenvalue weighted by Gasteiger charge is -2.64. The number of esters is 1. The van der Waals surface area contributed by atoms with Crippen molar-refractivity contribution in [2.75, 3.05) is 39.6 Å². The molecule has 31 unspecified atom stereocenters. The van der Waals surface area contributed by atoms with Crippen LogP contribution in [0.5, 0.6) is 0 Å². The van der Waals surface area contributed by atoms with Crippen LogP contribution in [0, 0.1) is 28.1 Å². The molecule has 0 aromatic rings. The maximum atomic E-state index is 15.3. The van der Waals surface area contributed by atoms with Crippen LogP contribution in [0.2, 0.25) is 0 Å². The molecule has 0 amide bonds. The predicted molar refractivity (Wildman–Crippen MR) is 278 cm³/mol. The number of hydrogen-bond donors (Lipinski definition) is 19. The molecule has 6 saturated heterocycles. The van der Waals surface area contributed by atoms with E-state index in [9.17, 15) is 97.0 Å². The van der Waals surface area contributed by atoms with Crippen LogP contribution < -0.4 is 0 Å². The van der Waals surface area contributed by atoms with E-state index in [0.29, 0.717) is 56.9 Å². The average Bonchev–Trinajstić information content (AvgIpc) is 1.71. The fraction of sp³-hybridized carbons (Fsp3) is 0.945. The maximum absolute atomic E-state index is 15.3. The quantitative estimate of drug-likeness (QED) is 0.0365. The number of aliphatic hydroxyl groups is 19. The Morgan fingerprint density at radius 1 is 0.471 bits per heavy atom. The van der Waals surface area contributed by atoms with Gasteiger partial charge in [0, 0.05) is 0 Å². The van der Waals surface area contributed by atoms with Crippen molar-refractivity contribution in [2.45, 2.75) is 255 Å². The monoisotopic (exact) mass is 1260 g/mol. The Bertz CT molecular complexity index is 2340. The van der Waals surface area contributed by atoms with Crippen LogP contribution in [-0.4, -0.2) is 326 Å². The largest absolute Gasteiger partial charge is 0.432 e. The molecule has 19 N–H and O–H groups in total. The number of fused-ring (bicyclic) bond motifs is 3. The van der Waals surface area contributed by atoms with E-state index >= 15 is 4.79 Å². The molecule has 0 radical (unpaired) electrons. The molecule has 0 aromatic carbocycles. The predicted octanol–water partition coefficient (Wildman–Crippen LogP) is -8.83. The van der Waals surface area contributed by atoms with Gasteiger partial charge in [0.25, 0.3) is 0 Å². The zero-order valence-corrected chi connectivity index (χ0v) is 48.0. The molecule has 10 fully saturated rings. The summed E-state index contributed by atoms with van der Waals surface area (Å²) in [5, 5.41) is 204. The zero-order valence-electron chi connectivity index (χ0n) is 48.0. The Kier molecular flexibility index (Phi) is 20.6. The van der Waals surface area contributed by atoms with Crippen molar-refractivity contribution >= 4 is 5.97 Å². The van der Waals surface area contributed by atoms with Crippen molar-refractivity contribution in [3.63, 3.8) is 0 Å². The maximum Gasteiger partial charge on any atom is 0.314 e. The molecular weight excluding hydrogens is 1170 g/mol. The first-order valence-corrected chi connectivity index (χ1v) is 29.8. The molecule has 10 aliphatic rings. The summed E-state index contributed by atoms with van der Waals surface area (Å²) >= 11 is 0. The van der Waals surface area contributed by atoms with Gasteiger partial charge >= 0.3 is 5.97 Å². The third-order valence-electron chi connectivity index (χ3n) is 20.9. The highest BCUT2D eigenvalue weighted by Gasteiger charge is 2.70. The van der Waals surface area contributed by atoms with Crippen molar-refractivity contribution in [1.82, 2.24) is 0 Å². The standard InChI is InChI=1S/C55H88O32/c1-19-11-54-9-5-26-52(2,7-4-8-53(26,3)51(75)86-49-43(84-45-37(71)28(62)20(61)17-76-45)41(32(66)24(15-59)80-49)82-46-38(72)34(68)29(63)21(12-56)77-46)27(54)6-10-55(19,18-54)87-50-44(85-48-40(74)36(70)31(65)23(14-58)79-48)42(33(67)25(16-60)81-50)83-47-39(73)35(69)30(64)22(13-57)78-47/h20-50,56-74H,1,4-18H2,2-3H3/t20?,21?,22?,23?,24?,25?,26?,27-,28?,29?,30?,31?,32?,33?,34?,35?,36?,37?,38?,39?,40?,41?,42?,43?,44?,45?,46?,47?,48?,49?,50?,52+,53+,54?,55-/m0/s1. The van der Waals surface area contributed by atoms with E-state index in [1.807, 2.05) is 0 Å². The summed E-state index contributed by atoms with van der Waals surface area (Å²) < 4.78 is 72.7. The van der Waals surface area contributed by atoms with Gasteiger partial charge in [0.2, 0.25) is 6.29 Å².